The number of nitrogens with zero attached hydrogens (tertiary/aromatic N) is 5. The van der Waals surface area contributed by atoms with Crippen LogP contribution >= 0.6 is 0 Å². The molecule has 0 bridgehead atoms. The van der Waals surface area contributed by atoms with E-state index in [1.165, 1.54) is 11.9 Å². The van der Waals surface area contributed by atoms with Crippen molar-refractivity contribution in [3.05, 3.63) is 48.2 Å². The summed E-state index contributed by atoms with van der Waals surface area (Å²) in [5, 5.41) is 0. The number of hydrogen-bond donors (Lipinski definition) is 0. The maximum Gasteiger partial charge on any atom is 0.136 e. The molecule has 1 aliphatic rings. The number of rotatable bonds is 5. The lowest BCUT2D eigenvalue weighted by Crippen LogP contribution is -2.34. The Morgan fingerprint density at radius 1 is 1.18 bits per heavy atom. The Kier molecular flexibility index (Phi) is 5.06. The molecule has 0 spiro atoms. The molecule has 3 heterocycles. The summed E-state index contributed by atoms with van der Waals surface area (Å²) in [7, 11) is 1.71. The minimum atomic E-state index is -0.103. The Balaban J connectivity index is 1.65. The van der Waals surface area contributed by atoms with Crippen LogP contribution in [0.2, 0.25) is 0 Å². The van der Waals surface area contributed by atoms with Crippen molar-refractivity contribution in [2.45, 2.75) is 58.2 Å². The maximum atomic E-state index is 5.35. The number of aromatic nitrogens is 4. The molecule has 0 saturated carbocycles. The van der Waals surface area contributed by atoms with Gasteiger partial charge in [0.25, 0.3) is 0 Å². The molecule has 1 fully saturated rings. The van der Waals surface area contributed by atoms with E-state index in [-0.39, 0.29) is 5.41 Å². The lowest BCUT2D eigenvalue weighted by molar-refractivity contribution is 0.181. The number of ether oxygens (including phenoxy) is 1. The largest absolute Gasteiger partial charge is 0.378 e. The first-order chi connectivity index (χ1) is 13.5. The van der Waals surface area contributed by atoms with E-state index in [1.54, 1.807) is 7.11 Å². The van der Waals surface area contributed by atoms with Crippen molar-refractivity contribution in [2.24, 2.45) is 0 Å². The monoisotopic (exact) mass is 379 g/mol. The second-order valence-corrected chi connectivity index (χ2v) is 8.60. The molecule has 1 unspecified atom stereocenters. The van der Waals surface area contributed by atoms with Gasteiger partial charge in [-0.1, -0.05) is 32.9 Å². The second kappa shape index (κ2) is 7.51. The fourth-order valence-electron chi connectivity index (χ4n) is 3.90. The standard InChI is InChI=1S/C22H29N5O/c1-22(2,3)21-24-16(14-28-4)12-20(25-21)27-11-7-8-17(27)13-26-15-23-18-9-5-6-10-19(18)26/h5-6,9-10,12,15,17H,7-8,11,13-14H2,1-4H3. The Labute approximate surface area is 166 Å². The average molecular weight is 380 g/mol. The van der Waals surface area contributed by atoms with Gasteiger partial charge in [0.05, 0.1) is 29.7 Å². The number of methoxy groups -OCH3 is 1. The molecule has 1 aliphatic heterocycles. The van der Waals surface area contributed by atoms with Gasteiger partial charge in [0.15, 0.2) is 0 Å². The number of hydrogen-bond acceptors (Lipinski definition) is 5. The Bertz CT molecular complexity index is 959. The van der Waals surface area contributed by atoms with E-state index in [1.807, 2.05) is 12.4 Å². The highest BCUT2D eigenvalue weighted by Crippen LogP contribution is 2.29. The van der Waals surface area contributed by atoms with Crippen LogP contribution in [0.5, 0.6) is 0 Å². The van der Waals surface area contributed by atoms with Crippen LogP contribution in [0.15, 0.2) is 36.7 Å². The number of imidazole rings is 1. The molecule has 0 aliphatic carbocycles. The van der Waals surface area contributed by atoms with Gasteiger partial charge in [-0.3, -0.25) is 0 Å². The molecule has 3 aromatic rings. The predicted octanol–water partition coefficient (Wildman–Crippen LogP) is 3.94. The summed E-state index contributed by atoms with van der Waals surface area (Å²) in [5.41, 5.74) is 3.07. The van der Waals surface area contributed by atoms with Crippen LogP contribution in [0, 0.1) is 0 Å². The van der Waals surface area contributed by atoms with Crippen molar-refractivity contribution in [3.63, 3.8) is 0 Å². The summed E-state index contributed by atoms with van der Waals surface area (Å²) in [6.07, 6.45) is 4.28. The average Bonchev–Trinajstić information content (AvgIpc) is 3.29. The molecule has 0 amide bonds. The first-order valence-electron chi connectivity index (χ1n) is 9.99. The predicted molar refractivity (Wildman–Crippen MR) is 112 cm³/mol. The third kappa shape index (κ3) is 3.74. The molecule has 6 nitrogen and oxygen atoms in total. The van der Waals surface area contributed by atoms with Gasteiger partial charge in [0, 0.05) is 37.7 Å². The molecule has 4 rings (SSSR count). The molecular weight excluding hydrogens is 350 g/mol. The van der Waals surface area contributed by atoms with Gasteiger partial charge in [0.2, 0.25) is 0 Å². The van der Waals surface area contributed by atoms with Gasteiger partial charge in [-0.05, 0) is 25.0 Å². The van der Waals surface area contributed by atoms with Crippen LogP contribution in [0.4, 0.5) is 5.82 Å². The van der Waals surface area contributed by atoms with E-state index in [9.17, 15) is 0 Å². The fourth-order valence-corrected chi connectivity index (χ4v) is 3.90. The van der Waals surface area contributed by atoms with Crippen molar-refractivity contribution >= 4 is 16.9 Å². The number of fused-ring (bicyclic) bond motifs is 1. The van der Waals surface area contributed by atoms with Gasteiger partial charge >= 0.3 is 0 Å². The van der Waals surface area contributed by atoms with Crippen LogP contribution in [-0.2, 0) is 23.3 Å². The van der Waals surface area contributed by atoms with E-state index in [0.717, 1.165) is 42.4 Å². The van der Waals surface area contributed by atoms with Gasteiger partial charge in [-0.15, -0.1) is 0 Å². The van der Waals surface area contributed by atoms with Crippen molar-refractivity contribution in [1.82, 2.24) is 19.5 Å². The summed E-state index contributed by atoms with van der Waals surface area (Å²) in [6.45, 7) is 8.90. The van der Waals surface area contributed by atoms with E-state index in [2.05, 4.69) is 59.5 Å². The summed E-state index contributed by atoms with van der Waals surface area (Å²) in [4.78, 5) is 16.7. The van der Waals surface area contributed by atoms with Crippen LogP contribution in [0.3, 0.4) is 0 Å². The van der Waals surface area contributed by atoms with Crippen molar-refractivity contribution in [2.75, 3.05) is 18.6 Å². The van der Waals surface area contributed by atoms with Gasteiger partial charge < -0.3 is 14.2 Å². The van der Waals surface area contributed by atoms with Crippen molar-refractivity contribution in [3.8, 4) is 0 Å². The summed E-state index contributed by atoms with van der Waals surface area (Å²) >= 11 is 0. The first-order valence-corrected chi connectivity index (χ1v) is 9.99. The lowest BCUT2D eigenvalue weighted by atomic mass is 9.95. The number of para-hydroxylation sites is 2. The molecule has 0 N–H and O–H groups in total. The molecule has 1 atom stereocenters. The maximum absolute atomic E-state index is 5.35. The zero-order valence-corrected chi connectivity index (χ0v) is 17.2. The third-order valence-corrected chi connectivity index (χ3v) is 5.33. The van der Waals surface area contributed by atoms with Crippen molar-refractivity contribution in [1.29, 1.82) is 0 Å². The van der Waals surface area contributed by atoms with Gasteiger partial charge in [-0.25, -0.2) is 15.0 Å². The topological polar surface area (TPSA) is 56.1 Å². The minimum absolute atomic E-state index is 0.103. The van der Waals surface area contributed by atoms with Crippen LogP contribution in [0.1, 0.15) is 45.1 Å². The molecule has 148 valence electrons. The van der Waals surface area contributed by atoms with Crippen molar-refractivity contribution < 1.29 is 4.74 Å². The number of benzene rings is 1. The second-order valence-electron chi connectivity index (χ2n) is 8.60. The highest BCUT2D eigenvalue weighted by atomic mass is 16.5. The summed E-state index contributed by atoms with van der Waals surface area (Å²) < 4.78 is 7.62. The quantitative estimate of drug-likeness (QED) is 0.672. The van der Waals surface area contributed by atoms with Gasteiger partial charge in [-0.2, -0.15) is 0 Å². The van der Waals surface area contributed by atoms with E-state index >= 15 is 0 Å². The Morgan fingerprint density at radius 2 is 2.00 bits per heavy atom. The summed E-state index contributed by atoms with van der Waals surface area (Å²) in [5.74, 6) is 1.88. The molecular formula is C22H29N5O. The Morgan fingerprint density at radius 3 is 2.79 bits per heavy atom. The van der Waals surface area contributed by atoms with Crippen LogP contribution < -0.4 is 4.90 Å². The highest BCUT2D eigenvalue weighted by Gasteiger charge is 2.28. The zero-order chi connectivity index (χ0) is 19.7. The normalized spacial score (nSPS) is 17.6. The molecule has 2 aromatic heterocycles. The zero-order valence-electron chi connectivity index (χ0n) is 17.2. The number of anilines is 1. The molecule has 1 aromatic carbocycles. The SMILES string of the molecule is COCc1cc(N2CCCC2Cn2cnc3ccccc32)nc(C(C)(C)C)n1. The van der Waals surface area contributed by atoms with Gasteiger partial charge in [0.1, 0.15) is 11.6 Å². The molecule has 1 saturated heterocycles. The van der Waals surface area contributed by atoms with E-state index in [4.69, 9.17) is 14.7 Å². The van der Waals surface area contributed by atoms with Crippen LogP contribution in [-0.4, -0.2) is 39.2 Å². The molecule has 6 heteroatoms. The molecule has 0 radical (unpaired) electrons. The fraction of sp³-hybridized carbons (Fsp3) is 0.500. The summed E-state index contributed by atoms with van der Waals surface area (Å²) in [6, 6.07) is 10.8. The highest BCUT2D eigenvalue weighted by molar-refractivity contribution is 5.74. The lowest BCUT2D eigenvalue weighted by Gasteiger charge is -2.28. The smallest absolute Gasteiger partial charge is 0.136 e. The third-order valence-electron chi connectivity index (χ3n) is 5.33. The first kappa shape index (κ1) is 18.9. The van der Waals surface area contributed by atoms with E-state index < -0.39 is 0 Å². The Hall–Kier alpha value is -2.47. The minimum Gasteiger partial charge on any atom is -0.378 e. The molecule has 28 heavy (non-hydrogen) atoms. The van der Waals surface area contributed by atoms with E-state index in [0.29, 0.717) is 12.6 Å². The van der Waals surface area contributed by atoms with Crippen LogP contribution in [0.25, 0.3) is 11.0 Å².